The summed E-state index contributed by atoms with van der Waals surface area (Å²) >= 11 is 1.86. The van der Waals surface area contributed by atoms with Crippen LogP contribution in [0.5, 0.6) is 5.75 Å². The highest BCUT2D eigenvalue weighted by Gasteiger charge is 2.22. The predicted molar refractivity (Wildman–Crippen MR) is 176 cm³/mol. The first-order valence-corrected chi connectivity index (χ1v) is 14.7. The zero-order valence-electron chi connectivity index (χ0n) is 22.8. The van der Waals surface area contributed by atoms with Crippen molar-refractivity contribution in [3.8, 4) is 28.0 Å². The molecule has 1 unspecified atom stereocenters. The minimum absolute atomic E-state index is 0.262. The molecule has 1 aliphatic rings. The van der Waals surface area contributed by atoms with Gasteiger partial charge in [-0.2, -0.15) is 0 Å². The van der Waals surface area contributed by atoms with Gasteiger partial charge in [0.1, 0.15) is 5.75 Å². The third-order valence-corrected chi connectivity index (χ3v) is 9.34. The largest absolute Gasteiger partial charge is 0.496 e. The van der Waals surface area contributed by atoms with Crippen molar-refractivity contribution < 1.29 is 4.74 Å². The molecule has 0 saturated heterocycles. The van der Waals surface area contributed by atoms with Gasteiger partial charge in [0.05, 0.1) is 7.11 Å². The highest BCUT2D eigenvalue weighted by Crippen LogP contribution is 2.47. The first-order chi connectivity index (χ1) is 20.2. The van der Waals surface area contributed by atoms with E-state index in [2.05, 4.69) is 115 Å². The fraction of sp³-hybridized carbons (Fsp3) is 0.0789. The predicted octanol–water partition coefficient (Wildman–Crippen LogP) is 10.5. The quantitative estimate of drug-likeness (QED) is 0.207. The maximum atomic E-state index is 8.29. The van der Waals surface area contributed by atoms with Crippen LogP contribution in [-0.2, 0) is 0 Å². The summed E-state index contributed by atoms with van der Waals surface area (Å²) in [7, 11) is 1.73. The van der Waals surface area contributed by atoms with E-state index in [-0.39, 0.29) is 5.92 Å². The van der Waals surface area contributed by atoms with Crippen molar-refractivity contribution in [2.45, 2.75) is 12.3 Å². The van der Waals surface area contributed by atoms with Crippen molar-refractivity contribution in [1.82, 2.24) is 0 Å². The maximum Gasteiger partial charge on any atom is 0.126 e. The smallest absolute Gasteiger partial charge is 0.126 e. The number of hydrogen-bond acceptors (Lipinski definition) is 3. The van der Waals surface area contributed by atoms with E-state index in [4.69, 9.17) is 10.1 Å². The molecule has 0 aliphatic heterocycles. The molecule has 5 aromatic carbocycles. The van der Waals surface area contributed by atoms with Gasteiger partial charge in [-0.3, -0.25) is 0 Å². The van der Waals surface area contributed by atoms with Crippen LogP contribution in [0.15, 0.2) is 127 Å². The Hall–Kier alpha value is -4.73. The molecule has 0 radical (unpaired) electrons. The number of fused-ring (bicyclic) bond motifs is 3. The van der Waals surface area contributed by atoms with Crippen molar-refractivity contribution in [3.63, 3.8) is 0 Å². The summed E-state index contributed by atoms with van der Waals surface area (Å²) in [6, 6.07) is 38.5. The number of benzene rings is 5. The van der Waals surface area contributed by atoms with Crippen molar-refractivity contribution >= 4 is 43.3 Å². The molecule has 3 heteroatoms. The lowest BCUT2D eigenvalue weighted by atomic mass is 9.86. The van der Waals surface area contributed by atoms with Crippen LogP contribution in [0.25, 0.3) is 48.0 Å². The van der Waals surface area contributed by atoms with Crippen molar-refractivity contribution in [2.75, 3.05) is 7.11 Å². The molecule has 2 nitrogen and oxygen atoms in total. The Morgan fingerprint density at radius 1 is 0.756 bits per heavy atom. The number of nitrogens with one attached hydrogen (secondary N) is 1. The molecule has 7 rings (SSSR count). The highest BCUT2D eigenvalue weighted by atomic mass is 32.1. The van der Waals surface area contributed by atoms with E-state index in [9.17, 15) is 0 Å². The van der Waals surface area contributed by atoms with E-state index in [0.29, 0.717) is 0 Å². The molecule has 1 atom stereocenters. The Morgan fingerprint density at radius 3 is 2.20 bits per heavy atom. The lowest BCUT2D eigenvalue weighted by Gasteiger charge is -2.19. The molecule has 0 saturated carbocycles. The average Bonchev–Trinajstić information content (AvgIpc) is 3.44. The van der Waals surface area contributed by atoms with E-state index in [1.807, 2.05) is 23.5 Å². The molecule has 0 amide bonds. The van der Waals surface area contributed by atoms with Gasteiger partial charge in [-0.1, -0.05) is 109 Å². The third-order valence-electron chi connectivity index (χ3n) is 8.05. The highest BCUT2D eigenvalue weighted by molar-refractivity contribution is 7.26. The van der Waals surface area contributed by atoms with Crippen LogP contribution < -0.4 is 4.74 Å². The Morgan fingerprint density at radius 2 is 1.49 bits per heavy atom. The van der Waals surface area contributed by atoms with Gasteiger partial charge in [0.15, 0.2) is 0 Å². The molecule has 6 aromatic rings. The number of ether oxygens (including phenoxy) is 1. The number of hydrogen-bond donors (Lipinski definition) is 1. The Kier molecular flexibility index (Phi) is 6.58. The molecular formula is C38H29NOS. The monoisotopic (exact) mass is 547 g/mol. The number of methoxy groups -OCH3 is 1. The maximum absolute atomic E-state index is 8.29. The second-order valence-corrected chi connectivity index (χ2v) is 11.4. The zero-order valence-corrected chi connectivity index (χ0v) is 23.6. The Bertz CT molecular complexity index is 1960. The summed E-state index contributed by atoms with van der Waals surface area (Å²) < 4.78 is 8.16. The van der Waals surface area contributed by atoms with E-state index >= 15 is 0 Å². The number of thiophene rings is 1. The van der Waals surface area contributed by atoms with E-state index < -0.39 is 0 Å². The van der Waals surface area contributed by atoms with Gasteiger partial charge in [-0.25, -0.2) is 0 Å². The lowest BCUT2D eigenvalue weighted by molar-refractivity contribution is 0.413. The van der Waals surface area contributed by atoms with Gasteiger partial charge in [-0.05, 0) is 52.4 Å². The Labute approximate surface area is 244 Å². The molecular weight excluding hydrogens is 518 g/mol. The Balaban J connectivity index is 1.41. The molecule has 0 bridgehead atoms. The molecule has 1 heterocycles. The van der Waals surface area contributed by atoms with E-state index in [1.165, 1.54) is 59.8 Å². The van der Waals surface area contributed by atoms with Crippen LogP contribution >= 0.6 is 11.3 Å². The number of rotatable bonds is 6. The van der Waals surface area contributed by atoms with Crippen molar-refractivity contribution in [2.24, 2.45) is 0 Å². The van der Waals surface area contributed by atoms with Crippen LogP contribution in [-0.4, -0.2) is 13.3 Å². The van der Waals surface area contributed by atoms with Crippen LogP contribution in [0.4, 0.5) is 0 Å². The van der Waals surface area contributed by atoms with Crippen LogP contribution in [0, 0.1) is 5.41 Å². The molecule has 1 aromatic heterocycles. The minimum atomic E-state index is 0.262. The van der Waals surface area contributed by atoms with E-state index in [0.717, 1.165) is 23.3 Å². The molecule has 41 heavy (non-hydrogen) atoms. The zero-order chi connectivity index (χ0) is 27.8. The second-order valence-electron chi connectivity index (χ2n) is 10.4. The van der Waals surface area contributed by atoms with E-state index in [1.54, 1.807) is 7.11 Å². The second kappa shape index (κ2) is 10.7. The van der Waals surface area contributed by atoms with Gasteiger partial charge < -0.3 is 10.1 Å². The normalized spacial score (nSPS) is 14.8. The summed E-state index contributed by atoms with van der Waals surface area (Å²) in [4.78, 5) is 0. The summed E-state index contributed by atoms with van der Waals surface area (Å²) in [5.41, 5.74) is 9.44. The fourth-order valence-electron chi connectivity index (χ4n) is 6.00. The van der Waals surface area contributed by atoms with Gasteiger partial charge >= 0.3 is 0 Å². The van der Waals surface area contributed by atoms with Gasteiger partial charge in [0.25, 0.3) is 0 Å². The topological polar surface area (TPSA) is 33.1 Å². The van der Waals surface area contributed by atoms with Crippen molar-refractivity contribution in [3.05, 3.63) is 144 Å². The fourth-order valence-corrected chi connectivity index (χ4v) is 7.43. The third kappa shape index (κ3) is 4.49. The van der Waals surface area contributed by atoms with Crippen molar-refractivity contribution in [1.29, 1.82) is 5.41 Å². The SMILES string of the molecule is COc1ccccc1C1=CCC(c2ccc(C=N)c3c2sc2c(-c4ccccc4)cc(-c4ccccc4)cc23)C=C1. The number of allylic oxidation sites excluding steroid dienone is 4. The van der Waals surface area contributed by atoms with Gasteiger partial charge in [0.2, 0.25) is 0 Å². The molecule has 198 valence electrons. The van der Waals surface area contributed by atoms with Crippen LogP contribution in [0.1, 0.15) is 29.0 Å². The summed E-state index contributed by atoms with van der Waals surface area (Å²) in [6.07, 6.45) is 9.32. The summed E-state index contributed by atoms with van der Waals surface area (Å²) in [5.74, 6) is 1.16. The standard InChI is InChI=1S/C38H29NOS/c1-40-35-15-9-8-14-31(35)27-16-18-28(19-17-27)32-21-20-29(24-39)36-34-23-30(25-10-4-2-5-11-25)22-33(37(34)41-38(32)36)26-12-6-3-7-13-26/h2-18,20-24,28,39H,19H2,1H3. The van der Waals surface area contributed by atoms with Crippen LogP contribution in [0.3, 0.4) is 0 Å². The minimum Gasteiger partial charge on any atom is -0.496 e. The summed E-state index contributed by atoms with van der Waals surface area (Å²) in [5, 5.41) is 10.7. The molecule has 1 N–H and O–H groups in total. The molecule has 0 spiro atoms. The molecule has 0 fully saturated rings. The molecule has 1 aliphatic carbocycles. The first-order valence-electron chi connectivity index (χ1n) is 13.9. The number of para-hydroxylation sites is 1. The average molecular weight is 548 g/mol. The van der Waals surface area contributed by atoms with Gasteiger partial charge in [0, 0.05) is 49.0 Å². The van der Waals surface area contributed by atoms with Gasteiger partial charge in [-0.15, -0.1) is 11.3 Å². The summed E-state index contributed by atoms with van der Waals surface area (Å²) in [6.45, 7) is 0. The van der Waals surface area contributed by atoms with Crippen LogP contribution in [0.2, 0.25) is 0 Å². The lowest BCUT2D eigenvalue weighted by Crippen LogP contribution is -2.00. The first kappa shape index (κ1) is 25.3.